The van der Waals surface area contributed by atoms with Crippen LogP contribution in [0.3, 0.4) is 0 Å². The number of rotatable bonds is 9. The molecule has 1 aliphatic rings. The number of aryl methyl sites for hydroxylation is 1. The Morgan fingerprint density at radius 2 is 1.74 bits per heavy atom. The lowest BCUT2D eigenvalue weighted by atomic mass is 10.1. The third kappa shape index (κ3) is 8.66. The minimum absolute atomic E-state index is 0. The predicted octanol–water partition coefficient (Wildman–Crippen LogP) is 3.58. The molecule has 0 aliphatic carbocycles. The molecule has 0 amide bonds. The van der Waals surface area contributed by atoms with Gasteiger partial charge >= 0.3 is 0 Å². The molecule has 31 heavy (non-hydrogen) atoms. The van der Waals surface area contributed by atoms with E-state index in [1.807, 2.05) is 18.2 Å². The normalized spacial score (nSPS) is 14.6. The van der Waals surface area contributed by atoms with Crippen LogP contribution in [0.15, 0.2) is 53.5 Å². The predicted molar refractivity (Wildman–Crippen MR) is 137 cm³/mol. The number of hydrogen-bond acceptors (Lipinski definition) is 4. The highest BCUT2D eigenvalue weighted by Gasteiger charge is 2.12. The molecule has 0 unspecified atom stereocenters. The zero-order valence-electron chi connectivity index (χ0n) is 18.6. The van der Waals surface area contributed by atoms with Crippen molar-refractivity contribution >= 4 is 29.9 Å². The van der Waals surface area contributed by atoms with Crippen LogP contribution < -0.4 is 15.4 Å². The van der Waals surface area contributed by atoms with Gasteiger partial charge in [-0.15, -0.1) is 24.0 Å². The molecule has 2 N–H and O–H groups in total. The summed E-state index contributed by atoms with van der Waals surface area (Å²) in [5.41, 5.74) is 3.74. The Bertz CT molecular complexity index is 810. The van der Waals surface area contributed by atoms with Crippen LogP contribution >= 0.6 is 24.0 Å². The van der Waals surface area contributed by atoms with E-state index < -0.39 is 0 Å². The molecule has 2 aromatic carbocycles. The highest BCUT2D eigenvalue weighted by Crippen LogP contribution is 2.16. The van der Waals surface area contributed by atoms with Crippen LogP contribution in [0, 0.1) is 6.92 Å². The maximum atomic E-state index is 5.87. The molecule has 2 aromatic rings. The lowest BCUT2D eigenvalue weighted by Crippen LogP contribution is -2.39. The summed E-state index contributed by atoms with van der Waals surface area (Å²) < 4.78 is 11.3. The molecule has 1 heterocycles. The molecule has 7 heteroatoms. The summed E-state index contributed by atoms with van der Waals surface area (Å²) in [6, 6.07) is 16.6. The Morgan fingerprint density at radius 3 is 2.48 bits per heavy atom. The summed E-state index contributed by atoms with van der Waals surface area (Å²) in [6.07, 6.45) is 0. The Labute approximate surface area is 203 Å². The smallest absolute Gasteiger partial charge is 0.191 e. The second-order valence-electron chi connectivity index (χ2n) is 7.39. The average Bonchev–Trinajstić information content (AvgIpc) is 2.77. The third-order valence-electron chi connectivity index (χ3n) is 5.11. The molecule has 1 fully saturated rings. The van der Waals surface area contributed by atoms with Crippen molar-refractivity contribution in [2.75, 3.05) is 46.0 Å². The molecule has 6 nitrogen and oxygen atoms in total. The van der Waals surface area contributed by atoms with Gasteiger partial charge in [-0.2, -0.15) is 0 Å². The Kier molecular flexibility index (Phi) is 11.7. The van der Waals surface area contributed by atoms with Gasteiger partial charge in [0.15, 0.2) is 5.96 Å². The van der Waals surface area contributed by atoms with Crippen molar-refractivity contribution in [3.05, 3.63) is 65.2 Å². The number of morpholine rings is 1. The van der Waals surface area contributed by atoms with Gasteiger partial charge in [0.1, 0.15) is 12.4 Å². The van der Waals surface area contributed by atoms with E-state index in [2.05, 4.69) is 59.7 Å². The van der Waals surface area contributed by atoms with Gasteiger partial charge < -0.3 is 20.1 Å². The molecule has 0 radical (unpaired) electrons. The molecular weight excluding hydrogens is 503 g/mol. The Balaban J connectivity index is 0.00000341. The van der Waals surface area contributed by atoms with Crippen molar-refractivity contribution in [3.63, 3.8) is 0 Å². The zero-order chi connectivity index (χ0) is 21.0. The van der Waals surface area contributed by atoms with Gasteiger partial charge in [0.25, 0.3) is 0 Å². The van der Waals surface area contributed by atoms with E-state index in [0.717, 1.165) is 56.7 Å². The highest BCUT2D eigenvalue weighted by molar-refractivity contribution is 14.0. The summed E-state index contributed by atoms with van der Waals surface area (Å²) in [5, 5.41) is 6.69. The second-order valence-corrected chi connectivity index (χ2v) is 7.39. The number of aliphatic imine (C=N–C) groups is 1. The number of guanidine groups is 1. The van der Waals surface area contributed by atoms with Gasteiger partial charge in [-0.3, -0.25) is 4.90 Å². The molecule has 0 aromatic heterocycles. The van der Waals surface area contributed by atoms with Crippen molar-refractivity contribution in [1.82, 2.24) is 15.5 Å². The van der Waals surface area contributed by atoms with Crippen LogP contribution in [0.1, 0.15) is 23.6 Å². The van der Waals surface area contributed by atoms with Crippen molar-refractivity contribution < 1.29 is 9.47 Å². The number of halogens is 1. The van der Waals surface area contributed by atoms with E-state index in [-0.39, 0.29) is 24.0 Å². The first-order chi connectivity index (χ1) is 14.8. The molecule has 0 spiro atoms. The highest BCUT2D eigenvalue weighted by atomic mass is 127. The minimum atomic E-state index is 0. The number of nitrogens with one attached hydrogen (secondary N) is 2. The largest absolute Gasteiger partial charge is 0.491 e. The summed E-state index contributed by atoms with van der Waals surface area (Å²) in [7, 11) is 0. The van der Waals surface area contributed by atoms with Gasteiger partial charge in [-0.1, -0.05) is 42.5 Å². The number of nitrogens with zero attached hydrogens (tertiary/aromatic N) is 2. The second kappa shape index (κ2) is 14.3. The number of benzene rings is 2. The van der Waals surface area contributed by atoms with E-state index in [9.17, 15) is 0 Å². The first kappa shape index (κ1) is 25.4. The summed E-state index contributed by atoms with van der Waals surface area (Å²) in [5.74, 6) is 1.74. The maximum absolute atomic E-state index is 5.87. The molecule has 0 atom stereocenters. The monoisotopic (exact) mass is 538 g/mol. The quantitative estimate of drug-likeness (QED) is 0.221. The van der Waals surface area contributed by atoms with Crippen molar-refractivity contribution in [1.29, 1.82) is 0 Å². The molecule has 3 rings (SSSR count). The van der Waals surface area contributed by atoms with Crippen molar-refractivity contribution in [3.8, 4) is 5.75 Å². The van der Waals surface area contributed by atoms with Gasteiger partial charge in [0.2, 0.25) is 0 Å². The molecule has 1 saturated heterocycles. The summed E-state index contributed by atoms with van der Waals surface area (Å²) in [4.78, 5) is 7.24. The van der Waals surface area contributed by atoms with Crippen LogP contribution in [0.4, 0.5) is 0 Å². The van der Waals surface area contributed by atoms with Gasteiger partial charge in [-0.25, -0.2) is 4.99 Å². The van der Waals surface area contributed by atoms with Crippen LogP contribution in [0.5, 0.6) is 5.75 Å². The summed E-state index contributed by atoms with van der Waals surface area (Å²) >= 11 is 0. The van der Waals surface area contributed by atoms with Crippen molar-refractivity contribution in [2.45, 2.75) is 26.9 Å². The van der Waals surface area contributed by atoms with E-state index in [1.165, 1.54) is 11.1 Å². The molecular formula is C24H35IN4O2. The van der Waals surface area contributed by atoms with Crippen LogP contribution in [0.2, 0.25) is 0 Å². The fraction of sp³-hybridized carbons (Fsp3) is 0.458. The number of hydrogen-bond donors (Lipinski definition) is 2. The zero-order valence-corrected chi connectivity index (χ0v) is 20.9. The first-order valence-corrected chi connectivity index (χ1v) is 10.8. The van der Waals surface area contributed by atoms with Crippen LogP contribution in [-0.4, -0.2) is 56.9 Å². The SMILES string of the molecule is CCNC(=NCc1ccccc1CN1CCOCC1)NCCOc1ccccc1C.I. The van der Waals surface area contributed by atoms with E-state index in [1.54, 1.807) is 0 Å². The van der Waals surface area contributed by atoms with E-state index in [0.29, 0.717) is 19.7 Å². The number of ether oxygens (including phenoxy) is 2. The molecule has 170 valence electrons. The molecule has 0 bridgehead atoms. The standard InChI is InChI=1S/C24H34N4O2.HI/c1-3-25-24(26-12-15-30-23-11-7-4-8-20(23)2)27-18-21-9-5-6-10-22(21)19-28-13-16-29-17-14-28;/h4-11H,3,12-19H2,1-2H3,(H2,25,26,27);1H. The van der Waals surface area contributed by atoms with Crippen LogP contribution in [0.25, 0.3) is 0 Å². The number of para-hydroxylation sites is 1. The summed E-state index contributed by atoms with van der Waals surface area (Å²) in [6.45, 7) is 11.4. The average molecular weight is 538 g/mol. The fourth-order valence-corrected chi connectivity index (χ4v) is 3.42. The van der Waals surface area contributed by atoms with Gasteiger partial charge in [0, 0.05) is 26.2 Å². The van der Waals surface area contributed by atoms with Crippen LogP contribution in [-0.2, 0) is 17.8 Å². The lowest BCUT2D eigenvalue weighted by Gasteiger charge is -2.27. The van der Waals surface area contributed by atoms with E-state index in [4.69, 9.17) is 14.5 Å². The Morgan fingerprint density at radius 1 is 1.03 bits per heavy atom. The minimum Gasteiger partial charge on any atom is -0.491 e. The maximum Gasteiger partial charge on any atom is 0.191 e. The third-order valence-corrected chi connectivity index (χ3v) is 5.11. The lowest BCUT2D eigenvalue weighted by molar-refractivity contribution is 0.0341. The van der Waals surface area contributed by atoms with E-state index >= 15 is 0 Å². The topological polar surface area (TPSA) is 58.1 Å². The first-order valence-electron chi connectivity index (χ1n) is 10.8. The van der Waals surface area contributed by atoms with Gasteiger partial charge in [-0.05, 0) is 36.6 Å². The molecule has 1 aliphatic heterocycles. The molecule has 0 saturated carbocycles. The van der Waals surface area contributed by atoms with Crippen molar-refractivity contribution in [2.24, 2.45) is 4.99 Å². The Hall–Kier alpha value is -1.84. The fourth-order valence-electron chi connectivity index (χ4n) is 3.42. The van der Waals surface area contributed by atoms with Gasteiger partial charge in [0.05, 0.1) is 26.3 Å².